The monoisotopic (exact) mass is 287 g/mol. The highest BCUT2D eigenvalue weighted by Crippen LogP contribution is 2.30. The maximum absolute atomic E-state index is 6.15. The lowest BCUT2D eigenvalue weighted by Gasteiger charge is -2.19. The highest BCUT2D eigenvalue weighted by atomic mass is 35.5. The summed E-state index contributed by atoms with van der Waals surface area (Å²) in [6.07, 6.45) is 1.07. The van der Waals surface area contributed by atoms with E-state index in [2.05, 4.69) is 49.5 Å². The summed E-state index contributed by atoms with van der Waals surface area (Å²) in [5.41, 5.74) is 5.34. The third-order valence-electron chi connectivity index (χ3n) is 3.87. The SMILES string of the molecule is CNCCC(c1cccc(Cl)c1)c1ccc(C)c(C)c1. The molecule has 20 heavy (non-hydrogen) atoms. The van der Waals surface area contributed by atoms with Crippen LogP contribution in [0.15, 0.2) is 42.5 Å². The van der Waals surface area contributed by atoms with E-state index in [1.54, 1.807) is 0 Å². The zero-order valence-electron chi connectivity index (χ0n) is 12.4. The van der Waals surface area contributed by atoms with E-state index < -0.39 is 0 Å². The fourth-order valence-corrected chi connectivity index (χ4v) is 2.72. The second-order valence-corrected chi connectivity index (χ2v) is 5.78. The van der Waals surface area contributed by atoms with Crippen molar-refractivity contribution in [1.82, 2.24) is 5.32 Å². The number of hydrogen-bond acceptors (Lipinski definition) is 1. The van der Waals surface area contributed by atoms with Crippen LogP contribution in [0.1, 0.15) is 34.6 Å². The van der Waals surface area contributed by atoms with Gasteiger partial charge in [0, 0.05) is 10.9 Å². The second-order valence-electron chi connectivity index (χ2n) is 5.34. The Hall–Kier alpha value is -1.31. The number of hydrogen-bond donors (Lipinski definition) is 1. The molecule has 0 saturated carbocycles. The van der Waals surface area contributed by atoms with Gasteiger partial charge in [0.15, 0.2) is 0 Å². The summed E-state index contributed by atoms with van der Waals surface area (Å²) >= 11 is 6.15. The maximum atomic E-state index is 6.15. The Morgan fingerprint density at radius 2 is 1.75 bits per heavy atom. The fraction of sp³-hybridized carbons (Fsp3) is 0.333. The average molecular weight is 288 g/mol. The zero-order valence-corrected chi connectivity index (χ0v) is 13.2. The van der Waals surface area contributed by atoms with Crippen LogP contribution in [0.5, 0.6) is 0 Å². The smallest absolute Gasteiger partial charge is 0.0408 e. The molecule has 1 nitrogen and oxygen atoms in total. The zero-order chi connectivity index (χ0) is 14.5. The lowest BCUT2D eigenvalue weighted by atomic mass is 9.87. The van der Waals surface area contributed by atoms with Crippen LogP contribution in [0.2, 0.25) is 5.02 Å². The van der Waals surface area contributed by atoms with Crippen LogP contribution in [-0.4, -0.2) is 13.6 Å². The first-order valence-corrected chi connectivity index (χ1v) is 7.47. The Morgan fingerprint density at radius 3 is 2.40 bits per heavy atom. The van der Waals surface area contributed by atoms with E-state index in [4.69, 9.17) is 11.6 Å². The summed E-state index contributed by atoms with van der Waals surface area (Å²) < 4.78 is 0. The summed E-state index contributed by atoms with van der Waals surface area (Å²) in [4.78, 5) is 0. The third-order valence-corrected chi connectivity index (χ3v) is 4.10. The Balaban J connectivity index is 2.38. The second kappa shape index (κ2) is 6.92. The Kier molecular flexibility index (Phi) is 5.22. The molecule has 1 N–H and O–H groups in total. The third kappa shape index (κ3) is 3.62. The molecule has 0 saturated heterocycles. The molecular weight excluding hydrogens is 266 g/mol. The molecule has 1 unspecified atom stereocenters. The summed E-state index contributed by atoms with van der Waals surface area (Å²) in [5.74, 6) is 0.389. The Bertz CT molecular complexity index is 577. The molecule has 0 aromatic heterocycles. The topological polar surface area (TPSA) is 12.0 Å². The number of halogens is 1. The molecule has 0 bridgehead atoms. The lowest BCUT2D eigenvalue weighted by Crippen LogP contribution is -2.13. The molecule has 0 fully saturated rings. The van der Waals surface area contributed by atoms with Gasteiger partial charge in [0.1, 0.15) is 0 Å². The van der Waals surface area contributed by atoms with Crippen LogP contribution in [0.4, 0.5) is 0 Å². The van der Waals surface area contributed by atoms with Crippen LogP contribution in [0.25, 0.3) is 0 Å². The van der Waals surface area contributed by atoms with E-state index in [1.807, 2.05) is 19.2 Å². The lowest BCUT2D eigenvalue weighted by molar-refractivity contribution is 0.661. The first-order valence-electron chi connectivity index (χ1n) is 7.09. The molecule has 0 spiro atoms. The van der Waals surface area contributed by atoms with E-state index in [0.29, 0.717) is 5.92 Å². The van der Waals surface area contributed by atoms with Gasteiger partial charge in [-0.05, 0) is 68.2 Å². The van der Waals surface area contributed by atoms with Gasteiger partial charge in [-0.3, -0.25) is 0 Å². The van der Waals surface area contributed by atoms with Crippen LogP contribution in [-0.2, 0) is 0 Å². The molecule has 0 amide bonds. The molecule has 2 rings (SSSR count). The molecule has 0 aliphatic rings. The molecule has 0 aliphatic carbocycles. The molecule has 2 heteroatoms. The molecule has 0 heterocycles. The van der Waals surface area contributed by atoms with Gasteiger partial charge in [-0.25, -0.2) is 0 Å². The predicted molar refractivity (Wildman–Crippen MR) is 87.8 cm³/mol. The molecule has 0 radical (unpaired) electrons. The number of aryl methyl sites for hydroxylation is 2. The highest BCUT2D eigenvalue weighted by molar-refractivity contribution is 6.30. The first kappa shape index (κ1) is 15.1. The predicted octanol–water partition coefficient (Wildman–Crippen LogP) is 4.70. The van der Waals surface area contributed by atoms with Gasteiger partial charge < -0.3 is 5.32 Å². The van der Waals surface area contributed by atoms with Gasteiger partial charge in [0.25, 0.3) is 0 Å². The summed E-state index contributed by atoms with van der Waals surface area (Å²) in [5, 5.41) is 4.05. The minimum absolute atomic E-state index is 0.389. The standard InChI is InChI=1S/C18H22ClN/c1-13-7-8-16(11-14(13)2)18(9-10-20-3)15-5-4-6-17(19)12-15/h4-8,11-12,18,20H,9-10H2,1-3H3. The van der Waals surface area contributed by atoms with Gasteiger partial charge in [-0.2, -0.15) is 0 Å². The van der Waals surface area contributed by atoms with Crippen molar-refractivity contribution in [1.29, 1.82) is 0 Å². The van der Waals surface area contributed by atoms with Crippen LogP contribution < -0.4 is 5.32 Å². The van der Waals surface area contributed by atoms with Crippen molar-refractivity contribution < 1.29 is 0 Å². The van der Waals surface area contributed by atoms with Crippen molar-refractivity contribution in [3.63, 3.8) is 0 Å². The van der Waals surface area contributed by atoms with Crippen molar-refractivity contribution in [2.75, 3.05) is 13.6 Å². The van der Waals surface area contributed by atoms with Crippen molar-refractivity contribution in [3.05, 3.63) is 69.7 Å². The van der Waals surface area contributed by atoms with E-state index in [-0.39, 0.29) is 0 Å². The normalized spacial score (nSPS) is 12.4. The van der Waals surface area contributed by atoms with Crippen molar-refractivity contribution in [3.8, 4) is 0 Å². The minimum atomic E-state index is 0.389. The quantitative estimate of drug-likeness (QED) is 0.840. The van der Waals surface area contributed by atoms with E-state index >= 15 is 0 Å². The van der Waals surface area contributed by atoms with Gasteiger partial charge in [0.2, 0.25) is 0 Å². The fourth-order valence-electron chi connectivity index (χ4n) is 2.52. The summed E-state index contributed by atoms with van der Waals surface area (Å²) in [6.45, 7) is 5.32. The van der Waals surface area contributed by atoms with Crippen molar-refractivity contribution in [2.24, 2.45) is 0 Å². The molecule has 1 atom stereocenters. The van der Waals surface area contributed by atoms with Gasteiger partial charge >= 0.3 is 0 Å². The van der Waals surface area contributed by atoms with Crippen molar-refractivity contribution >= 4 is 11.6 Å². The van der Waals surface area contributed by atoms with E-state index in [9.17, 15) is 0 Å². The number of nitrogens with one attached hydrogen (secondary N) is 1. The van der Waals surface area contributed by atoms with E-state index in [1.165, 1.54) is 22.3 Å². The van der Waals surface area contributed by atoms with Crippen LogP contribution in [0, 0.1) is 13.8 Å². The van der Waals surface area contributed by atoms with Crippen LogP contribution in [0.3, 0.4) is 0 Å². The number of rotatable bonds is 5. The van der Waals surface area contributed by atoms with Gasteiger partial charge in [0.05, 0.1) is 0 Å². The minimum Gasteiger partial charge on any atom is -0.320 e. The Morgan fingerprint density at radius 1 is 1.00 bits per heavy atom. The molecule has 0 aliphatic heterocycles. The van der Waals surface area contributed by atoms with Crippen molar-refractivity contribution in [2.45, 2.75) is 26.2 Å². The van der Waals surface area contributed by atoms with E-state index in [0.717, 1.165) is 18.0 Å². The maximum Gasteiger partial charge on any atom is 0.0408 e. The average Bonchev–Trinajstić information content (AvgIpc) is 2.43. The summed E-state index contributed by atoms with van der Waals surface area (Å²) in [6, 6.07) is 15.0. The summed E-state index contributed by atoms with van der Waals surface area (Å²) in [7, 11) is 2.00. The molecule has 2 aromatic carbocycles. The molecular formula is C18H22ClN. The Labute approximate surface area is 127 Å². The van der Waals surface area contributed by atoms with Gasteiger partial charge in [-0.15, -0.1) is 0 Å². The largest absolute Gasteiger partial charge is 0.320 e. The molecule has 2 aromatic rings. The van der Waals surface area contributed by atoms with Gasteiger partial charge in [-0.1, -0.05) is 41.9 Å². The number of benzene rings is 2. The molecule has 106 valence electrons. The van der Waals surface area contributed by atoms with Crippen LogP contribution >= 0.6 is 11.6 Å². The highest BCUT2D eigenvalue weighted by Gasteiger charge is 2.14. The first-order chi connectivity index (χ1) is 9.61.